The summed E-state index contributed by atoms with van der Waals surface area (Å²) in [7, 11) is 0. The normalized spacial score (nSPS) is 42.9. The van der Waals surface area contributed by atoms with Crippen LogP contribution in [0.5, 0.6) is 0 Å². The van der Waals surface area contributed by atoms with Gasteiger partial charge in [0.15, 0.2) is 11.6 Å². The fourth-order valence-electron chi connectivity index (χ4n) is 6.76. The van der Waals surface area contributed by atoms with Crippen molar-refractivity contribution in [1.29, 1.82) is 0 Å². The summed E-state index contributed by atoms with van der Waals surface area (Å²) in [6, 6.07) is 0. The molecule has 0 aromatic heterocycles. The van der Waals surface area contributed by atoms with Crippen LogP contribution in [0.25, 0.3) is 0 Å². The number of rotatable bonds is 3. The van der Waals surface area contributed by atoms with E-state index in [1.54, 1.807) is 13.0 Å². The van der Waals surface area contributed by atoms with Crippen molar-refractivity contribution < 1.29 is 19.5 Å². The predicted octanol–water partition coefficient (Wildman–Crippen LogP) is 2.61. The summed E-state index contributed by atoms with van der Waals surface area (Å²) in [5.74, 6) is 0.108. The molecule has 0 saturated heterocycles. The molecule has 0 bridgehead atoms. The first-order valence-corrected chi connectivity index (χ1v) is 10.4. The monoisotopic (exact) mass is 382 g/mol. The summed E-state index contributed by atoms with van der Waals surface area (Å²) in [6.07, 6.45) is 8.35. The molecule has 3 saturated carbocycles. The van der Waals surface area contributed by atoms with Crippen molar-refractivity contribution in [1.82, 2.24) is 0 Å². The topological polar surface area (TPSA) is 71.4 Å². The molecule has 0 radical (unpaired) electrons. The fraction of sp³-hybridized carbons (Fsp3) is 0.773. The molecular weight excluding hydrogens is 351 g/mol. The van der Waals surface area contributed by atoms with Crippen LogP contribution in [0.2, 0.25) is 0 Å². The molecule has 3 fully saturated rings. The molecule has 4 aliphatic rings. The third kappa shape index (κ3) is 3.35. The van der Waals surface area contributed by atoms with E-state index in [-0.39, 0.29) is 59.2 Å². The third-order valence-corrected chi connectivity index (χ3v) is 8.28. The van der Waals surface area contributed by atoms with Gasteiger partial charge in [-0.2, -0.15) is 0 Å². The number of fused-ring (bicyclic) bond motifs is 5. The maximum absolute atomic E-state index is 12.5. The molecule has 2 unspecified atom stereocenters. The number of carbonyl (C=O) groups excluding carboxylic acids is 3. The number of allylic oxidation sites excluding steroid dienone is 1. The summed E-state index contributed by atoms with van der Waals surface area (Å²) < 4.78 is 0. The number of Topliss-reactive ketones (excluding diaryl/α,β-unsaturated/α-hetero) is 2. The number of carbonyl (C=O) groups is 3. The Morgan fingerprint density at radius 1 is 1.19 bits per heavy atom. The van der Waals surface area contributed by atoms with Crippen LogP contribution in [0, 0.1) is 35.0 Å². The third-order valence-electron chi connectivity index (χ3n) is 8.28. The molecule has 4 aliphatic carbocycles. The maximum atomic E-state index is 12.5. The summed E-state index contributed by atoms with van der Waals surface area (Å²) in [5, 5.41) is 10.5. The fourth-order valence-corrected chi connectivity index (χ4v) is 6.76. The Bertz CT molecular complexity index is 684. The zero-order chi connectivity index (χ0) is 18.6. The molecule has 0 spiro atoms. The van der Waals surface area contributed by atoms with Crippen LogP contribution in [0.3, 0.4) is 0 Å². The van der Waals surface area contributed by atoms with Crippen LogP contribution in [-0.4, -0.2) is 58.1 Å². The Hall–Kier alpha value is -0.290. The second-order valence-corrected chi connectivity index (χ2v) is 9.27. The molecule has 0 aliphatic heterocycles. The molecule has 5 heteroatoms. The van der Waals surface area contributed by atoms with Crippen molar-refractivity contribution in [2.24, 2.45) is 35.0 Å². The number of aliphatic hydroxyl groups is 1. The van der Waals surface area contributed by atoms with Crippen molar-refractivity contribution in [3.05, 3.63) is 11.6 Å². The van der Waals surface area contributed by atoms with Crippen molar-refractivity contribution in [2.45, 2.75) is 71.3 Å². The molecule has 0 aromatic carbocycles. The van der Waals surface area contributed by atoms with Gasteiger partial charge in [0.2, 0.25) is 5.78 Å². The zero-order valence-electron chi connectivity index (χ0n) is 15.9. The van der Waals surface area contributed by atoms with Gasteiger partial charge in [0.05, 0.1) is 12.0 Å². The van der Waals surface area contributed by atoms with Gasteiger partial charge in [-0.1, -0.05) is 19.4 Å². The van der Waals surface area contributed by atoms with Crippen molar-refractivity contribution in [2.75, 3.05) is 0 Å². The van der Waals surface area contributed by atoms with E-state index in [9.17, 15) is 19.5 Å². The van der Waals surface area contributed by atoms with Gasteiger partial charge < -0.3 is 5.11 Å². The number of aliphatic hydroxyl groups excluding tert-OH is 1. The Morgan fingerprint density at radius 3 is 2.63 bits per heavy atom. The van der Waals surface area contributed by atoms with E-state index in [4.69, 9.17) is 0 Å². The summed E-state index contributed by atoms with van der Waals surface area (Å²) >= 11 is 0. The molecule has 144 valence electrons. The van der Waals surface area contributed by atoms with Crippen LogP contribution >= 0.6 is 0 Å². The Morgan fingerprint density at radius 2 is 1.93 bits per heavy atom. The minimum atomic E-state index is -0.752. The summed E-state index contributed by atoms with van der Waals surface area (Å²) in [6.45, 7) is 3.94. The van der Waals surface area contributed by atoms with E-state index < -0.39 is 17.5 Å². The average Bonchev–Trinajstić information content (AvgIpc) is 2.94. The molecular formula is C22H31NaO4. The van der Waals surface area contributed by atoms with Gasteiger partial charge >= 0.3 is 29.6 Å². The first kappa shape index (κ1) is 21.4. The Labute approximate surface area is 183 Å². The van der Waals surface area contributed by atoms with E-state index in [1.807, 2.05) is 0 Å². The van der Waals surface area contributed by atoms with E-state index in [2.05, 4.69) is 6.92 Å². The zero-order valence-corrected chi connectivity index (χ0v) is 15.9. The van der Waals surface area contributed by atoms with Gasteiger partial charge in [-0.15, -0.1) is 0 Å². The van der Waals surface area contributed by atoms with Crippen LogP contribution in [0.4, 0.5) is 0 Å². The van der Waals surface area contributed by atoms with Crippen LogP contribution in [0.1, 0.15) is 65.2 Å². The second kappa shape index (κ2) is 7.85. The summed E-state index contributed by atoms with van der Waals surface area (Å²) in [5.41, 5.74) is 1.26. The molecule has 1 N–H and O–H groups in total. The van der Waals surface area contributed by atoms with Gasteiger partial charge in [-0.25, -0.2) is 0 Å². The second-order valence-electron chi connectivity index (χ2n) is 9.27. The van der Waals surface area contributed by atoms with Crippen LogP contribution in [-0.2, 0) is 14.4 Å². The molecule has 0 amide bonds. The number of hydrogen-bond acceptors (Lipinski definition) is 4. The first-order valence-electron chi connectivity index (χ1n) is 10.4. The molecule has 4 rings (SSSR count). The quantitative estimate of drug-likeness (QED) is 0.463. The van der Waals surface area contributed by atoms with Crippen molar-refractivity contribution >= 4 is 46.9 Å². The van der Waals surface area contributed by atoms with Gasteiger partial charge in [0, 0.05) is 6.42 Å². The molecule has 27 heavy (non-hydrogen) atoms. The van der Waals surface area contributed by atoms with Gasteiger partial charge in [-0.3, -0.25) is 14.4 Å². The van der Waals surface area contributed by atoms with Gasteiger partial charge in [0.25, 0.3) is 0 Å². The number of hydrogen-bond donors (Lipinski definition) is 1. The predicted molar refractivity (Wildman–Crippen MR) is 104 cm³/mol. The van der Waals surface area contributed by atoms with E-state index in [0.29, 0.717) is 24.2 Å². The van der Waals surface area contributed by atoms with Crippen LogP contribution in [0.15, 0.2) is 11.6 Å². The van der Waals surface area contributed by atoms with Crippen LogP contribution < -0.4 is 0 Å². The average molecular weight is 382 g/mol. The molecule has 0 heterocycles. The number of ketones is 3. The molecule has 0 aromatic rings. The standard InChI is InChI=1S/C22H30O4.Na.H/c1-3-18(23)21(26)16-11-15-12(10-19(16)24)4-5-14-13(15)8-9-22(2)17(14)6-7-20(22)25;;/h10,13-17,20,25H,3-9,11H2,1-2H3;;/t13-,14+,15+,16?,17?,20+,22+;;/m1../s1. The van der Waals surface area contributed by atoms with E-state index in [0.717, 1.165) is 38.5 Å². The Balaban J connectivity index is 0.00000210. The van der Waals surface area contributed by atoms with Crippen molar-refractivity contribution in [3.63, 3.8) is 0 Å². The summed E-state index contributed by atoms with van der Waals surface area (Å²) in [4.78, 5) is 36.8. The Kier molecular flexibility index (Phi) is 6.23. The molecule has 7 atom stereocenters. The first-order chi connectivity index (χ1) is 12.4. The van der Waals surface area contributed by atoms with E-state index in [1.165, 1.54) is 5.57 Å². The SMILES string of the molecule is CCC(=O)C(=O)C1C[C@H]2C(=CC1=O)CC[C@@H]1C3CC[C@H](O)[C@@]3(C)CC[C@H]12.[NaH]. The minimum absolute atomic E-state index is 0. The van der Waals surface area contributed by atoms with Gasteiger partial charge in [0.1, 0.15) is 0 Å². The van der Waals surface area contributed by atoms with Crippen molar-refractivity contribution in [3.8, 4) is 0 Å². The van der Waals surface area contributed by atoms with E-state index >= 15 is 0 Å². The van der Waals surface area contributed by atoms with Gasteiger partial charge in [-0.05, 0) is 80.1 Å². The molecule has 4 nitrogen and oxygen atoms in total.